The number of nitrogens with one attached hydrogen (secondary N) is 1. The maximum Gasteiger partial charge on any atom is 0.329 e. The number of hydrogen-bond donors (Lipinski definition) is 1. The van der Waals surface area contributed by atoms with Crippen molar-refractivity contribution in [2.45, 2.75) is 6.17 Å². The van der Waals surface area contributed by atoms with Crippen LogP contribution in [0.3, 0.4) is 0 Å². The molecular formula is C16H18N4O2. The summed E-state index contributed by atoms with van der Waals surface area (Å²) in [5, 5.41) is 0. The number of rotatable bonds is 3. The number of aromatic nitrogens is 2. The Bertz CT molecular complexity index is 822. The Morgan fingerprint density at radius 1 is 1.23 bits per heavy atom. The SMILES string of the molecule is C=CCN1c2c(c(=O)[nH]c(=O)n2C)N(C)C1c1ccccc1. The molecule has 1 aromatic carbocycles. The average Bonchev–Trinajstić information content (AvgIpc) is 2.79. The lowest BCUT2D eigenvalue weighted by atomic mass is 10.1. The van der Waals surface area contributed by atoms with Crippen molar-refractivity contribution in [1.82, 2.24) is 9.55 Å². The molecule has 0 fully saturated rings. The number of hydrogen-bond acceptors (Lipinski definition) is 4. The van der Waals surface area contributed by atoms with Crippen molar-refractivity contribution >= 4 is 11.5 Å². The van der Waals surface area contributed by atoms with Crippen LogP contribution >= 0.6 is 0 Å². The van der Waals surface area contributed by atoms with Gasteiger partial charge in [-0.1, -0.05) is 36.4 Å². The molecule has 6 nitrogen and oxygen atoms in total. The number of benzene rings is 1. The fraction of sp³-hybridized carbons (Fsp3) is 0.250. The fourth-order valence-electron chi connectivity index (χ4n) is 3.04. The van der Waals surface area contributed by atoms with Gasteiger partial charge in [0.05, 0.1) is 0 Å². The van der Waals surface area contributed by atoms with Crippen molar-refractivity contribution in [3.05, 3.63) is 69.4 Å². The number of nitrogens with zero attached hydrogens (tertiary/aromatic N) is 3. The Morgan fingerprint density at radius 2 is 1.91 bits per heavy atom. The van der Waals surface area contributed by atoms with E-state index in [1.54, 1.807) is 13.1 Å². The summed E-state index contributed by atoms with van der Waals surface area (Å²) < 4.78 is 1.47. The summed E-state index contributed by atoms with van der Waals surface area (Å²) in [4.78, 5) is 30.5. The van der Waals surface area contributed by atoms with Gasteiger partial charge in [-0.2, -0.15) is 0 Å². The van der Waals surface area contributed by atoms with Crippen molar-refractivity contribution < 1.29 is 0 Å². The first-order chi connectivity index (χ1) is 10.6. The molecule has 1 atom stereocenters. The van der Waals surface area contributed by atoms with E-state index in [0.717, 1.165) is 5.56 Å². The van der Waals surface area contributed by atoms with Gasteiger partial charge >= 0.3 is 5.69 Å². The zero-order valence-corrected chi connectivity index (χ0v) is 12.6. The molecule has 0 saturated carbocycles. The van der Waals surface area contributed by atoms with E-state index in [-0.39, 0.29) is 11.7 Å². The predicted molar refractivity (Wildman–Crippen MR) is 87.4 cm³/mol. The highest BCUT2D eigenvalue weighted by Crippen LogP contribution is 2.41. The summed E-state index contributed by atoms with van der Waals surface area (Å²) >= 11 is 0. The Morgan fingerprint density at radius 3 is 2.55 bits per heavy atom. The number of H-pyrrole nitrogens is 1. The molecule has 2 heterocycles. The van der Waals surface area contributed by atoms with E-state index in [1.165, 1.54) is 4.57 Å². The minimum Gasteiger partial charge on any atom is -0.343 e. The number of aromatic amines is 1. The highest BCUT2D eigenvalue weighted by molar-refractivity contribution is 5.74. The quantitative estimate of drug-likeness (QED) is 0.865. The van der Waals surface area contributed by atoms with E-state index in [1.807, 2.05) is 47.2 Å². The standard InChI is InChI=1S/C16H18N4O2/c1-4-10-20-14(11-8-6-5-7-9-11)18(2)12-13(21)17-16(22)19(3)15(12)20/h4-9,14H,1,10H2,2-3H3,(H,17,21,22). The monoisotopic (exact) mass is 298 g/mol. The van der Waals surface area contributed by atoms with Gasteiger partial charge in [0.2, 0.25) is 0 Å². The topological polar surface area (TPSA) is 61.3 Å². The third kappa shape index (κ3) is 1.95. The van der Waals surface area contributed by atoms with Crippen LogP contribution in [-0.4, -0.2) is 23.1 Å². The van der Waals surface area contributed by atoms with Crippen LogP contribution in [0.5, 0.6) is 0 Å². The van der Waals surface area contributed by atoms with Gasteiger partial charge in [-0.05, 0) is 5.56 Å². The van der Waals surface area contributed by atoms with Crippen LogP contribution in [0.1, 0.15) is 11.7 Å². The van der Waals surface area contributed by atoms with Gasteiger partial charge in [-0.3, -0.25) is 14.3 Å². The molecule has 1 unspecified atom stereocenters. The third-order valence-corrected chi connectivity index (χ3v) is 3.98. The summed E-state index contributed by atoms with van der Waals surface area (Å²) in [5.74, 6) is 0.616. The molecule has 1 N–H and O–H groups in total. The molecule has 1 aliphatic heterocycles. The second-order valence-electron chi connectivity index (χ2n) is 5.33. The lowest BCUT2D eigenvalue weighted by Crippen LogP contribution is -2.35. The minimum atomic E-state index is -0.417. The fourth-order valence-corrected chi connectivity index (χ4v) is 3.04. The molecule has 6 heteroatoms. The van der Waals surface area contributed by atoms with Gasteiger partial charge in [0.1, 0.15) is 17.7 Å². The van der Waals surface area contributed by atoms with E-state index in [0.29, 0.717) is 18.1 Å². The van der Waals surface area contributed by atoms with Gasteiger partial charge in [-0.25, -0.2) is 4.79 Å². The van der Waals surface area contributed by atoms with Gasteiger partial charge in [-0.15, -0.1) is 6.58 Å². The first-order valence-corrected chi connectivity index (χ1v) is 7.05. The molecule has 114 valence electrons. The van der Waals surface area contributed by atoms with Crippen molar-refractivity contribution in [2.24, 2.45) is 7.05 Å². The maximum absolute atomic E-state index is 12.3. The second-order valence-corrected chi connectivity index (χ2v) is 5.33. The summed E-state index contributed by atoms with van der Waals surface area (Å²) in [7, 11) is 3.52. The van der Waals surface area contributed by atoms with Crippen LogP contribution in [0.25, 0.3) is 0 Å². The van der Waals surface area contributed by atoms with Gasteiger partial charge in [0, 0.05) is 20.6 Å². The van der Waals surface area contributed by atoms with Crippen molar-refractivity contribution in [3.63, 3.8) is 0 Å². The smallest absolute Gasteiger partial charge is 0.329 e. The van der Waals surface area contributed by atoms with Crippen LogP contribution in [0.2, 0.25) is 0 Å². The lowest BCUT2D eigenvalue weighted by Gasteiger charge is -2.30. The average molecular weight is 298 g/mol. The molecule has 3 rings (SSSR count). The maximum atomic E-state index is 12.3. The van der Waals surface area contributed by atoms with Gasteiger partial charge < -0.3 is 9.80 Å². The Labute approximate surface area is 127 Å². The number of anilines is 2. The van der Waals surface area contributed by atoms with Crippen LogP contribution in [0.4, 0.5) is 11.5 Å². The molecule has 0 saturated heterocycles. The summed E-state index contributed by atoms with van der Waals surface area (Å²) in [5.41, 5.74) is 0.765. The predicted octanol–water partition coefficient (Wildman–Crippen LogP) is 1.21. The van der Waals surface area contributed by atoms with E-state index in [2.05, 4.69) is 11.6 Å². The van der Waals surface area contributed by atoms with Crippen molar-refractivity contribution in [1.29, 1.82) is 0 Å². The lowest BCUT2D eigenvalue weighted by molar-refractivity contribution is 0.656. The highest BCUT2D eigenvalue weighted by Gasteiger charge is 2.38. The van der Waals surface area contributed by atoms with E-state index in [4.69, 9.17) is 0 Å². The van der Waals surface area contributed by atoms with Crippen LogP contribution < -0.4 is 21.0 Å². The Hall–Kier alpha value is -2.76. The zero-order chi connectivity index (χ0) is 15.9. The molecular weight excluding hydrogens is 280 g/mol. The Balaban J connectivity index is 2.26. The second kappa shape index (κ2) is 5.22. The molecule has 0 amide bonds. The molecule has 2 aromatic rings. The van der Waals surface area contributed by atoms with Crippen LogP contribution in [0.15, 0.2) is 52.6 Å². The van der Waals surface area contributed by atoms with E-state index < -0.39 is 5.69 Å². The molecule has 1 aliphatic rings. The molecule has 1 aromatic heterocycles. The zero-order valence-electron chi connectivity index (χ0n) is 12.6. The van der Waals surface area contributed by atoms with Crippen molar-refractivity contribution in [3.8, 4) is 0 Å². The van der Waals surface area contributed by atoms with Crippen LogP contribution in [-0.2, 0) is 7.05 Å². The van der Waals surface area contributed by atoms with Gasteiger partial charge in [0.25, 0.3) is 5.56 Å². The van der Waals surface area contributed by atoms with Crippen LogP contribution in [0, 0.1) is 0 Å². The number of fused-ring (bicyclic) bond motifs is 1. The summed E-state index contributed by atoms with van der Waals surface area (Å²) in [6, 6.07) is 9.89. The molecule has 22 heavy (non-hydrogen) atoms. The molecule has 0 bridgehead atoms. The van der Waals surface area contributed by atoms with E-state index in [9.17, 15) is 9.59 Å². The van der Waals surface area contributed by atoms with E-state index >= 15 is 0 Å². The summed E-state index contributed by atoms with van der Waals surface area (Å²) in [6.45, 7) is 4.33. The highest BCUT2D eigenvalue weighted by atomic mass is 16.2. The first kappa shape index (κ1) is 14.2. The Kier molecular flexibility index (Phi) is 3.36. The molecule has 0 spiro atoms. The summed E-state index contributed by atoms with van der Waals surface area (Å²) in [6.07, 6.45) is 1.62. The molecule has 0 radical (unpaired) electrons. The normalized spacial score (nSPS) is 16.7. The van der Waals surface area contributed by atoms with Gasteiger partial charge in [0.15, 0.2) is 0 Å². The largest absolute Gasteiger partial charge is 0.343 e. The molecule has 0 aliphatic carbocycles. The van der Waals surface area contributed by atoms with Crippen molar-refractivity contribution in [2.75, 3.05) is 23.4 Å². The first-order valence-electron chi connectivity index (χ1n) is 7.05. The minimum absolute atomic E-state index is 0.150. The third-order valence-electron chi connectivity index (χ3n) is 3.98.